The van der Waals surface area contributed by atoms with Crippen LogP contribution < -0.4 is 15.2 Å². The van der Waals surface area contributed by atoms with Crippen molar-refractivity contribution in [3.05, 3.63) is 11.4 Å². The van der Waals surface area contributed by atoms with Crippen LogP contribution in [-0.4, -0.2) is 29.8 Å². The van der Waals surface area contributed by atoms with Gasteiger partial charge in [0.25, 0.3) is 0 Å². The van der Waals surface area contributed by atoms with E-state index in [0.29, 0.717) is 5.75 Å². The summed E-state index contributed by atoms with van der Waals surface area (Å²) in [4.78, 5) is 10.5. The van der Waals surface area contributed by atoms with Crippen molar-refractivity contribution in [3.63, 3.8) is 0 Å². The van der Waals surface area contributed by atoms with Crippen LogP contribution in [0.5, 0.6) is 10.8 Å². The summed E-state index contributed by atoms with van der Waals surface area (Å²) in [6.45, 7) is 0.0371. The van der Waals surface area contributed by atoms with Crippen LogP contribution in [-0.2, 0) is 0 Å². The second-order valence-corrected chi connectivity index (χ2v) is 3.80. The number of nitrogens with two attached hydrogens (primary N) is 1. The number of hydrogen-bond acceptors (Lipinski definition) is 5. The van der Waals surface area contributed by atoms with E-state index in [2.05, 4.69) is 4.74 Å². The summed E-state index contributed by atoms with van der Waals surface area (Å²) < 4.78 is 9.84. The van der Waals surface area contributed by atoms with Gasteiger partial charge in [0.15, 0.2) is 5.75 Å². The Morgan fingerprint density at radius 1 is 1.73 bits per heavy atom. The predicted molar refractivity (Wildman–Crippen MR) is 56.8 cm³/mol. The van der Waals surface area contributed by atoms with Gasteiger partial charge >= 0.3 is 6.09 Å². The molecule has 7 heteroatoms. The molecule has 1 aromatic rings. The van der Waals surface area contributed by atoms with Crippen LogP contribution in [0.15, 0.2) is 11.4 Å². The normalized spacial score (nSPS) is 12.1. The quantitative estimate of drug-likeness (QED) is 0.770. The molecule has 15 heavy (non-hydrogen) atoms. The smallest absolute Gasteiger partial charge is 0.410 e. The van der Waals surface area contributed by atoms with E-state index in [1.807, 2.05) is 0 Å². The molecule has 84 valence electrons. The van der Waals surface area contributed by atoms with E-state index < -0.39 is 12.2 Å². The second kappa shape index (κ2) is 5.79. The Kier molecular flexibility index (Phi) is 4.67. The van der Waals surface area contributed by atoms with Gasteiger partial charge in [-0.05, 0) is 11.4 Å². The number of primary amides is 1. The van der Waals surface area contributed by atoms with Crippen molar-refractivity contribution in [2.24, 2.45) is 5.73 Å². The van der Waals surface area contributed by atoms with Crippen molar-refractivity contribution in [2.75, 3.05) is 12.5 Å². The molecule has 3 N–H and O–H groups in total. The SMILES string of the molecule is NC(=O)Oc1sccc1OCC(O)CCl. The summed E-state index contributed by atoms with van der Waals surface area (Å²) in [6, 6.07) is 1.61. The number of hydrogen-bond donors (Lipinski definition) is 2. The highest BCUT2D eigenvalue weighted by atomic mass is 35.5. The minimum absolute atomic E-state index is 0.0371. The monoisotopic (exact) mass is 251 g/mol. The van der Waals surface area contributed by atoms with Crippen molar-refractivity contribution in [2.45, 2.75) is 6.10 Å². The third-order valence-corrected chi connectivity index (χ3v) is 2.53. The molecule has 5 nitrogen and oxygen atoms in total. The van der Waals surface area contributed by atoms with E-state index in [9.17, 15) is 4.79 Å². The highest BCUT2D eigenvalue weighted by Crippen LogP contribution is 2.33. The zero-order valence-corrected chi connectivity index (χ0v) is 9.25. The van der Waals surface area contributed by atoms with Crippen molar-refractivity contribution >= 4 is 29.0 Å². The zero-order valence-electron chi connectivity index (χ0n) is 7.68. The van der Waals surface area contributed by atoms with Gasteiger partial charge in [0.1, 0.15) is 12.7 Å². The van der Waals surface area contributed by atoms with Gasteiger partial charge in [0, 0.05) is 0 Å². The average molecular weight is 252 g/mol. The van der Waals surface area contributed by atoms with Crippen LogP contribution in [0.25, 0.3) is 0 Å². The highest BCUT2D eigenvalue weighted by molar-refractivity contribution is 7.12. The van der Waals surface area contributed by atoms with Gasteiger partial charge in [-0.15, -0.1) is 22.9 Å². The lowest BCUT2D eigenvalue weighted by atomic mass is 10.4. The van der Waals surface area contributed by atoms with Crippen molar-refractivity contribution < 1.29 is 19.4 Å². The number of thiophene rings is 1. The molecule has 0 aliphatic carbocycles. The molecule has 1 rings (SSSR count). The van der Waals surface area contributed by atoms with Gasteiger partial charge in [0.05, 0.1) is 5.88 Å². The first kappa shape index (κ1) is 12.1. The summed E-state index contributed by atoms with van der Waals surface area (Å²) in [5.41, 5.74) is 4.85. The Morgan fingerprint density at radius 3 is 3.07 bits per heavy atom. The number of ether oxygens (including phenoxy) is 2. The Balaban J connectivity index is 2.53. The van der Waals surface area contributed by atoms with Gasteiger partial charge in [-0.25, -0.2) is 4.79 Å². The molecule has 0 aromatic carbocycles. The molecule has 0 saturated carbocycles. The number of aliphatic hydroxyl groups is 1. The zero-order chi connectivity index (χ0) is 11.3. The molecule has 1 aromatic heterocycles. The molecule has 1 unspecified atom stereocenters. The number of alkyl halides is 1. The lowest BCUT2D eigenvalue weighted by Crippen LogP contribution is -2.20. The molecule has 1 heterocycles. The summed E-state index contributed by atoms with van der Waals surface area (Å²) in [5.74, 6) is 0.443. The molecular weight excluding hydrogens is 242 g/mol. The largest absolute Gasteiger partial charge is 0.486 e. The summed E-state index contributed by atoms with van der Waals surface area (Å²) in [5, 5.41) is 11.1. The maximum atomic E-state index is 10.5. The van der Waals surface area contributed by atoms with Crippen LogP contribution in [0.2, 0.25) is 0 Å². The molecule has 1 atom stereocenters. The molecule has 0 spiro atoms. The number of rotatable bonds is 5. The standard InChI is InChI=1S/C8H10ClNO4S/c9-3-5(11)4-13-6-1-2-15-7(6)14-8(10)12/h1-2,5,11H,3-4H2,(H2,10,12). The van der Waals surface area contributed by atoms with Crippen molar-refractivity contribution in [1.82, 2.24) is 0 Å². The van der Waals surface area contributed by atoms with E-state index >= 15 is 0 Å². The molecule has 0 aliphatic heterocycles. The summed E-state index contributed by atoms with van der Waals surface area (Å²) in [6.07, 6.45) is -1.66. The van der Waals surface area contributed by atoms with E-state index in [0.717, 1.165) is 0 Å². The van der Waals surface area contributed by atoms with Crippen LogP contribution in [0, 0.1) is 0 Å². The molecule has 0 aliphatic rings. The van der Waals surface area contributed by atoms with Crippen molar-refractivity contribution in [3.8, 4) is 10.8 Å². The Hall–Kier alpha value is -0.980. The topological polar surface area (TPSA) is 81.8 Å². The van der Waals surface area contributed by atoms with Crippen LogP contribution in [0.3, 0.4) is 0 Å². The summed E-state index contributed by atoms with van der Waals surface area (Å²) in [7, 11) is 0. The predicted octanol–water partition coefficient (Wildman–Crippen LogP) is 1.18. The third-order valence-electron chi connectivity index (χ3n) is 1.40. The second-order valence-electron chi connectivity index (χ2n) is 2.61. The first-order valence-electron chi connectivity index (χ1n) is 4.05. The number of amides is 1. The van der Waals surface area contributed by atoms with Gasteiger partial charge in [-0.2, -0.15) is 0 Å². The fourth-order valence-electron chi connectivity index (χ4n) is 0.787. The van der Waals surface area contributed by atoms with Gasteiger partial charge in [-0.3, -0.25) is 0 Å². The van der Waals surface area contributed by atoms with Crippen LogP contribution in [0.1, 0.15) is 0 Å². The first-order chi connectivity index (χ1) is 7.13. The first-order valence-corrected chi connectivity index (χ1v) is 5.46. The van der Waals surface area contributed by atoms with Crippen LogP contribution in [0.4, 0.5) is 4.79 Å². The minimum atomic E-state index is -0.903. The Labute approximate surface area is 95.4 Å². The lowest BCUT2D eigenvalue weighted by molar-refractivity contribution is 0.123. The third kappa shape index (κ3) is 3.94. The highest BCUT2D eigenvalue weighted by Gasteiger charge is 2.11. The maximum Gasteiger partial charge on any atom is 0.410 e. The summed E-state index contributed by atoms with van der Waals surface area (Å²) >= 11 is 6.56. The lowest BCUT2D eigenvalue weighted by Gasteiger charge is -2.09. The number of halogens is 1. The van der Waals surface area contributed by atoms with Crippen molar-refractivity contribution in [1.29, 1.82) is 0 Å². The van der Waals surface area contributed by atoms with E-state index in [1.54, 1.807) is 11.4 Å². The Morgan fingerprint density at radius 2 is 2.47 bits per heavy atom. The number of carbonyl (C=O) groups excluding carboxylic acids is 1. The van der Waals surface area contributed by atoms with E-state index in [1.165, 1.54) is 11.3 Å². The van der Waals surface area contributed by atoms with Gasteiger partial charge < -0.3 is 20.3 Å². The number of carbonyl (C=O) groups is 1. The molecule has 0 saturated heterocycles. The molecule has 0 bridgehead atoms. The minimum Gasteiger partial charge on any atom is -0.486 e. The molecule has 0 radical (unpaired) electrons. The fourth-order valence-corrected chi connectivity index (χ4v) is 1.56. The van der Waals surface area contributed by atoms with E-state index in [4.69, 9.17) is 27.2 Å². The maximum absolute atomic E-state index is 10.5. The Bertz CT molecular complexity index is 330. The van der Waals surface area contributed by atoms with E-state index in [-0.39, 0.29) is 17.6 Å². The number of aliphatic hydroxyl groups excluding tert-OH is 1. The fraction of sp³-hybridized carbons (Fsp3) is 0.375. The molecule has 1 amide bonds. The molecule has 0 fully saturated rings. The van der Waals surface area contributed by atoms with Gasteiger partial charge in [-0.1, -0.05) is 0 Å². The van der Waals surface area contributed by atoms with Crippen LogP contribution >= 0.6 is 22.9 Å². The average Bonchev–Trinajstić information content (AvgIpc) is 2.61. The van der Waals surface area contributed by atoms with Gasteiger partial charge in [0.2, 0.25) is 5.06 Å². The molecular formula is C8H10ClNO4S.